The van der Waals surface area contributed by atoms with Crippen LogP contribution in [0.2, 0.25) is 0 Å². The molecule has 0 saturated heterocycles. The molecule has 12 rings (SSSR count). The Morgan fingerprint density at radius 3 is 1.58 bits per heavy atom. The second kappa shape index (κ2) is 14.8. The molecule has 0 spiro atoms. The number of benzene rings is 11. The van der Waals surface area contributed by atoms with Crippen molar-refractivity contribution in [3.05, 3.63) is 243 Å². The van der Waals surface area contributed by atoms with Crippen LogP contribution in [0.3, 0.4) is 0 Å². The van der Waals surface area contributed by atoms with E-state index in [2.05, 4.69) is 252 Å². The largest absolute Gasteiger partial charge is 0.310 e. The van der Waals surface area contributed by atoms with E-state index >= 15 is 0 Å². The Morgan fingerprint density at radius 1 is 0.258 bits per heavy atom. The minimum Gasteiger partial charge on any atom is -0.310 e. The highest BCUT2D eigenvalue weighted by atomic mass is 15.1. The van der Waals surface area contributed by atoms with Crippen molar-refractivity contribution >= 4 is 71.2 Å². The summed E-state index contributed by atoms with van der Waals surface area (Å²) >= 11 is 0. The quantitative estimate of drug-likeness (QED) is 0.146. The van der Waals surface area contributed by atoms with Crippen molar-refractivity contribution < 1.29 is 0 Å². The van der Waals surface area contributed by atoms with Gasteiger partial charge in [0.25, 0.3) is 0 Å². The molecule has 0 atom stereocenters. The summed E-state index contributed by atoms with van der Waals surface area (Å²) < 4.78 is 2.45. The molecular weight excluding hydrogens is 749 g/mol. The predicted molar refractivity (Wildman–Crippen MR) is 264 cm³/mol. The maximum absolute atomic E-state index is 2.45. The molecule has 11 aromatic carbocycles. The lowest BCUT2D eigenvalue weighted by Crippen LogP contribution is -2.10. The minimum atomic E-state index is 1.09. The number of hydrogen-bond acceptors (Lipinski definition) is 1. The summed E-state index contributed by atoms with van der Waals surface area (Å²) in [6.45, 7) is 0. The van der Waals surface area contributed by atoms with Crippen LogP contribution in [0.15, 0.2) is 243 Å². The van der Waals surface area contributed by atoms with Crippen LogP contribution in [0, 0.1) is 0 Å². The molecule has 12 aromatic rings. The van der Waals surface area contributed by atoms with Gasteiger partial charge in [0.1, 0.15) is 0 Å². The molecule has 1 aromatic heterocycles. The van der Waals surface area contributed by atoms with Crippen LogP contribution in [0.5, 0.6) is 0 Å². The van der Waals surface area contributed by atoms with Gasteiger partial charge in [0.15, 0.2) is 0 Å². The molecule has 0 aliphatic carbocycles. The summed E-state index contributed by atoms with van der Waals surface area (Å²) in [5.74, 6) is 0. The summed E-state index contributed by atoms with van der Waals surface area (Å²) in [6, 6.07) is 88.5. The van der Waals surface area contributed by atoms with Crippen LogP contribution in [0.4, 0.5) is 17.1 Å². The van der Waals surface area contributed by atoms with Gasteiger partial charge < -0.3 is 9.47 Å². The molecule has 0 aliphatic rings. The van der Waals surface area contributed by atoms with E-state index in [0.717, 1.165) is 28.3 Å². The molecule has 62 heavy (non-hydrogen) atoms. The van der Waals surface area contributed by atoms with Gasteiger partial charge in [0.2, 0.25) is 0 Å². The first-order valence-corrected chi connectivity index (χ1v) is 21.3. The van der Waals surface area contributed by atoms with Gasteiger partial charge in [-0.3, -0.25) is 0 Å². The van der Waals surface area contributed by atoms with E-state index in [1.807, 2.05) is 0 Å². The Morgan fingerprint density at radius 2 is 0.823 bits per heavy atom. The smallest absolute Gasteiger partial charge is 0.0547 e. The molecule has 0 amide bonds. The van der Waals surface area contributed by atoms with E-state index in [9.17, 15) is 0 Å². The third-order valence-electron chi connectivity index (χ3n) is 12.5. The zero-order valence-corrected chi connectivity index (χ0v) is 34.0. The summed E-state index contributed by atoms with van der Waals surface area (Å²) in [6.07, 6.45) is 0. The first-order chi connectivity index (χ1) is 30.7. The molecule has 0 N–H and O–H groups in total. The lowest BCUT2D eigenvalue weighted by Gasteiger charge is -2.26. The normalized spacial score (nSPS) is 11.5. The number of fused-ring (bicyclic) bond motifs is 7. The predicted octanol–water partition coefficient (Wildman–Crippen LogP) is 16.7. The van der Waals surface area contributed by atoms with E-state index in [1.165, 1.54) is 81.9 Å². The molecule has 0 bridgehead atoms. The van der Waals surface area contributed by atoms with Crippen molar-refractivity contribution in [1.29, 1.82) is 0 Å². The highest BCUT2D eigenvalue weighted by molar-refractivity contribution is 6.15. The highest BCUT2D eigenvalue weighted by Gasteiger charge is 2.19. The fourth-order valence-electron chi connectivity index (χ4n) is 9.60. The van der Waals surface area contributed by atoms with E-state index in [4.69, 9.17) is 0 Å². The van der Waals surface area contributed by atoms with Crippen LogP contribution < -0.4 is 4.90 Å². The number of rotatable bonds is 7. The summed E-state index contributed by atoms with van der Waals surface area (Å²) in [5.41, 5.74) is 14.0. The summed E-state index contributed by atoms with van der Waals surface area (Å²) in [4.78, 5) is 2.38. The van der Waals surface area contributed by atoms with Gasteiger partial charge >= 0.3 is 0 Å². The number of nitrogens with zero attached hydrogens (tertiary/aromatic N) is 2. The van der Waals surface area contributed by atoms with Crippen LogP contribution in [0.25, 0.3) is 93.2 Å². The minimum absolute atomic E-state index is 1.09. The number of hydrogen-bond donors (Lipinski definition) is 0. The van der Waals surface area contributed by atoms with Crippen LogP contribution in [-0.4, -0.2) is 4.57 Å². The second-order valence-corrected chi connectivity index (χ2v) is 16.1. The molecule has 2 nitrogen and oxygen atoms in total. The average Bonchev–Trinajstić information content (AvgIpc) is 3.66. The third kappa shape index (κ3) is 6.04. The van der Waals surface area contributed by atoms with Gasteiger partial charge in [-0.25, -0.2) is 0 Å². The molecular formula is C60H40N2. The molecule has 2 heteroatoms. The Kier molecular flexibility index (Phi) is 8.53. The van der Waals surface area contributed by atoms with E-state index in [-0.39, 0.29) is 0 Å². The number of para-hydroxylation sites is 2. The van der Waals surface area contributed by atoms with Crippen molar-refractivity contribution in [2.45, 2.75) is 0 Å². The zero-order chi connectivity index (χ0) is 41.0. The number of anilines is 3. The summed E-state index contributed by atoms with van der Waals surface area (Å²) in [5, 5.41) is 10.1. The van der Waals surface area contributed by atoms with Crippen LogP contribution >= 0.6 is 0 Å². The molecule has 1 heterocycles. The van der Waals surface area contributed by atoms with E-state index in [0.29, 0.717) is 0 Å². The van der Waals surface area contributed by atoms with Crippen molar-refractivity contribution in [3.63, 3.8) is 0 Å². The first kappa shape index (κ1) is 35.7. The SMILES string of the molecule is c1ccc(-c2cccc(N(c3ccc(-c4ccccc4-n4c5ccccc5c5cc6ccccc6cc54)cc3)c3ccc(-c4cc5ccccc5c5ccccc45)cc3)c2)cc1. The van der Waals surface area contributed by atoms with Crippen molar-refractivity contribution in [2.24, 2.45) is 0 Å². The maximum atomic E-state index is 2.45. The lowest BCUT2D eigenvalue weighted by atomic mass is 9.93. The van der Waals surface area contributed by atoms with Gasteiger partial charge in [-0.05, 0) is 127 Å². The maximum Gasteiger partial charge on any atom is 0.0547 e. The van der Waals surface area contributed by atoms with Crippen molar-refractivity contribution in [3.8, 4) is 39.1 Å². The molecule has 0 saturated carbocycles. The molecule has 0 fully saturated rings. The molecule has 0 unspecified atom stereocenters. The fraction of sp³-hybridized carbons (Fsp3) is 0. The van der Waals surface area contributed by atoms with Gasteiger partial charge in [-0.2, -0.15) is 0 Å². The topological polar surface area (TPSA) is 8.17 Å². The zero-order valence-electron chi connectivity index (χ0n) is 34.0. The Bertz CT molecular complexity index is 3620. The van der Waals surface area contributed by atoms with Gasteiger partial charge in [-0.15, -0.1) is 0 Å². The van der Waals surface area contributed by atoms with Crippen molar-refractivity contribution in [1.82, 2.24) is 4.57 Å². The van der Waals surface area contributed by atoms with Crippen molar-refractivity contribution in [2.75, 3.05) is 4.90 Å². The first-order valence-electron chi connectivity index (χ1n) is 21.3. The standard InChI is InChI=1S/C60H40N2/c1-2-15-41(16-3-1)44-20-14-21-50(37-44)61(49-35-31-43(32-36-49)56-39-47-19-6-7-22-51(47)53-24-8-9-25-54(53)56)48-33-29-42(30-34-48)52-23-10-12-27-58(52)62-59-28-13-11-26-55(59)57-38-45-17-4-5-18-46(45)40-60(57)62/h1-40H. The van der Waals surface area contributed by atoms with Gasteiger partial charge in [-0.1, -0.05) is 176 Å². The fourth-order valence-corrected chi connectivity index (χ4v) is 9.60. The van der Waals surface area contributed by atoms with Gasteiger partial charge in [0, 0.05) is 33.4 Å². The molecule has 0 radical (unpaired) electrons. The second-order valence-electron chi connectivity index (χ2n) is 16.1. The van der Waals surface area contributed by atoms with E-state index < -0.39 is 0 Å². The van der Waals surface area contributed by atoms with Crippen LogP contribution in [-0.2, 0) is 0 Å². The summed E-state index contributed by atoms with van der Waals surface area (Å²) in [7, 11) is 0. The number of aromatic nitrogens is 1. The molecule has 0 aliphatic heterocycles. The monoisotopic (exact) mass is 788 g/mol. The highest BCUT2D eigenvalue weighted by Crippen LogP contribution is 2.42. The average molecular weight is 789 g/mol. The Balaban J connectivity index is 0.980. The third-order valence-corrected chi connectivity index (χ3v) is 12.5. The Hall–Kier alpha value is -8.20. The lowest BCUT2D eigenvalue weighted by molar-refractivity contribution is 1.18. The van der Waals surface area contributed by atoms with Crippen LogP contribution in [0.1, 0.15) is 0 Å². The van der Waals surface area contributed by atoms with E-state index in [1.54, 1.807) is 0 Å². The van der Waals surface area contributed by atoms with Gasteiger partial charge in [0.05, 0.1) is 16.7 Å². The Labute approximate surface area is 360 Å². The molecule has 290 valence electrons.